The molecule has 3 amide bonds. The van der Waals surface area contributed by atoms with Crippen molar-refractivity contribution in [2.24, 2.45) is 7.05 Å². The van der Waals surface area contributed by atoms with Gasteiger partial charge < -0.3 is 10.2 Å². The molecule has 1 unspecified atom stereocenters. The Morgan fingerprint density at radius 1 is 1.00 bits per heavy atom. The van der Waals surface area contributed by atoms with Crippen molar-refractivity contribution in [3.05, 3.63) is 34.2 Å². The Bertz CT molecular complexity index is 1170. The number of benzene rings is 1. The molecule has 3 fully saturated rings. The van der Waals surface area contributed by atoms with Crippen LogP contribution in [0.3, 0.4) is 0 Å². The van der Waals surface area contributed by atoms with Gasteiger partial charge in [-0.3, -0.25) is 33.7 Å². The zero-order valence-corrected chi connectivity index (χ0v) is 19.6. The van der Waals surface area contributed by atoms with Crippen LogP contribution in [0.2, 0.25) is 0 Å². The minimum absolute atomic E-state index is 0.214. The fourth-order valence-corrected chi connectivity index (χ4v) is 5.49. The van der Waals surface area contributed by atoms with Crippen LogP contribution in [0, 0.1) is 0 Å². The first-order chi connectivity index (χ1) is 16.4. The van der Waals surface area contributed by atoms with E-state index in [1.807, 2.05) is 11.0 Å². The lowest BCUT2D eigenvalue weighted by Crippen LogP contribution is -2.50. The van der Waals surface area contributed by atoms with E-state index in [2.05, 4.69) is 27.7 Å². The van der Waals surface area contributed by atoms with E-state index >= 15 is 0 Å². The smallest absolute Gasteiger partial charge is 0.329 e. The van der Waals surface area contributed by atoms with Gasteiger partial charge in [0.2, 0.25) is 17.7 Å². The molecular formula is C24H32N6O4. The van der Waals surface area contributed by atoms with Gasteiger partial charge in [0.1, 0.15) is 6.04 Å². The molecule has 1 atom stereocenters. The normalized spacial score (nSPS) is 22.9. The Morgan fingerprint density at radius 2 is 1.74 bits per heavy atom. The molecule has 0 bridgehead atoms. The van der Waals surface area contributed by atoms with Crippen LogP contribution in [0.4, 0.5) is 0 Å². The minimum Gasteiger partial charge on any atom is -0.339 e. The lowest BCUT2D eigenvalue weighted by atomic mass is 9.89. The molecule has 1 aromatic heterocycles. The Kier molecular flexibility index (Phi) is 6.26. The SMILES string of the molecule is Cn1c(=O)n(C2CCC(=O)NC2=O)c2ccc(C3CCN(CC(=O)N4CCNCC4)CC3)cc21. The lowest BCUT2D eigenvalue weighted by molar-refractivity contribution is -0.136. The van der Waals surface area contributed by atoms with Crippen LogP contribution >= 0.6 is 0 Å². The maximum atomic E-state index is 13.0. The van der Waals surface area contributed by atoms with Crippen LogP contribution in [0.15, 0.2) is 23.0 Å². The van der Waals surface area contributed by atoms with E-state index in [0.717, 1.165) is 57.6 Å². The van der Waals surface area contributed by atoms with Gasteiger partial charge in [0, 0.05) is 39.6 Å². The average Bonchev–Trinajstić information content (AvgIpc) is 3.10. The molecule has 10 nitrogen and oxygen atoms in total. The number of carbonyl (C=O) groups is 3. The van der Waals surface area contributed by atoms with E-state index in [1.54, 1.807) is 11.6 Å². The summed E-state index contributed by atoms with van der Waals surface area (Å²) < 4.78 is 3.11. The summed E-state index contributed by atoms with van der Waals surface area (Å²) in [6.07, 6.45) is 2.48. The van der Waals surface area contributed by atoms with Gasteiger partial charge in [-0.2, -0.15) is 0 Å². The Hall–Kier alpha value is -2.98. The topological polar surface area (TPSA) is 109 Å². The number of fused-ring (bicyclic) bond motifs is 1. The summed E-state index contributed by atoms with van der Waals surface area (Å²) in [7, 11) is 1.72. The fourth-order valence-electron chi connectivity index (χ4n) is 5.49. The van der Waals surface area contributed by atoms with Gasteiger partial charge in [0.05, 0.1) is 17.6 Å². The predicted octanol–water partition coefficient (Wildman–Crippen LogP) is -0.0711. The predicted molar refractivity (Wildman–Crippen MR) is 126 cm³/mol. The quantitative estimate of drug-likeness (QED) is 0.608. The maximum Gasteiger partial charge on any atom is 0.329 e. The number of nitrogens with zero attached hydrogens (tertiary/aromatic N) is 4. The Balaban J connectivity index is 1.28. The molecule has 3 aliphatic rings. The zero-order valence-electron chi connectivity index (χ0n) is 19.6. The molecule has 0 aliphatic carbocycles. The highest BCUT2D eigenvalue weighted by Crippen LogP contribution is 2.31. The second-order valence-electron chi connectivity index (χ2n) is 9.61. The largest absolute Gasteiger partial charge is 0.339 e. The summed E-state index contributed by atoms with van der Waals surface area (Å²) in [6.45, 7) is 5.52. The highest BCUT2D eigenvalue weighted by Gasteiger charge is 2.32. The highest BCUT2D eigenvalue weighted by atomic mass is 16.2. The van der Waals surface area contributed by atoms with E-state index in [0.29, 0.717) is 24.4 Å². The highest BCUT2D eigenvalue weighted by molar-refractivity contribution is 6.00. The second-order valence-corrected chi connectivity index (χ2v) is 9.61. The van der Waals surface area contributed by atoms with Gasteiger partial charge in [-0.05, 0) is 56.0 Å². The van der Waals surface area contributed by atoms with Gasteiger partial charge in [0.25, 0.3) is 0 Å². The first-order valence-corrected chi connectivity index (χ1v) is 12.2. The maximum absolute atomic E-state index is 13.0. The molecule has 4 heterocycles. The summed E-state index contributed by atoms with van der Waals surface area (Å²) >= 11 is 0. The van der Waals surface area contributed by atoms with Crippen molar-refractivity contribution in [3.63, 3.8) is 0 Å². The van der Waals surface area contributed by atoms with Crippen molar-refractivity contribution >= 4 is 28.8 Å². The van der Waals surface area contributed by atoms with Crippen molar-refractivity contribution in [1.82, 2.24) is 29.6 Å². The number of piperazine rings is 1. The van der Waals surface area contributed by atoms with Gasteiger partial charge in [-0.1, -0.05) is 6.07 Å². The van der Waals surface area contributed by atoms with Crippen molar-refractivity contribution in [1.29, 1.82) is 0 Å². The van der Waals surface area contributed by atoms with E-state index in [4.69, 9.17) is 0 Å². The first-order valence-electron chi connectivity index (χ1n) is 12.2. The summed E-state index contributed by atoms with van der Waals surface area (Å²) in [5.41, 5.74) is 2.44. The van der Waals surface area contributed by atoms with Crippen LogP contribution in [-0.2, 0) is 21.4 Å². The molecule has 2 aromatic rings. The number of rotatable bonds is 4. The number of imide groups is 1. The Morgan fingerprint density at radius 3 is 2.44 bits per heavy atom. The number of piperidine rings is 2. The first kappa shape index (κ1) is 22.8. The lowest BCUT2D eigenvalue weighted by Gasteiger charge is -2.34. The number of aryl methyl sites for hydroxylation is 1. The molecule has 10 heteroatoms. The molecule has 1 aromatic carbocycles. The number of amides is 3. The summed E-state index contributed by atoms with van der Waals surface area (Å²) in [5, 5.41) is 5.63. The number of hydrogen-bond donors (Lipinski definition) is 2. The van der Waals surface area contributed by atoms with Crippen molar-refractivity contribution in [2.45, 2.75) is 37.6 Å². The van der Waals surface area contributed by atoms with Crippen LogP contribution < -0.4 is 16.3 Å². The molecule has 182 valence electrons. The minimum atomic E-state index is -0.670. The van der Waals surface area contributed by atoms with Gasteiger partial charge in [-0.15, -0.1) is 0 Å². The van der Waals surface area contributed by atoms with E-state index in [-0.39, 0.29) is 23.9 Å². The van der Waals surface area contributed by atoms with Crippen LogP contribution in [0.25, 0.3) is 11.0 Å². The number of aromatic nitrogens is 2. The monoisotopic (exact) mass is 468 g/mol. The number of nitrogens with one attached hydrogen (secondary N) is 2. The molecule has 3 aliphatic heterocycles. The number of likely N-dealkylation sites (tertiary alicyclic amines) is 1. The molecule has 34 heavy (non-hydrogen) atoms. The number of carbonyl (C=O) groups excluding carboxylic acids is 3. The van der Waals surface area contributed by atoms with Crippen molar-refractivity contribution in [3.8, 4) is 0 Å². The van der Waals surface area contributed by atoms with E-state index < -0.39 is 11.9 Å². The van der Waals surface area contributed by atoms with Crippen LogP contribution in [0.1, 0.15) is 43.2 Å². The molecule has 0 spiro atoms. The number of hydrogen-bond acceptors (Lipinski definition) is 6. The summed E-state index contributed by atoms with van der Waals surface area (Å²) in [6, 6.07) is 5.37. The van der Waals surface area contributed by atoms with Crippen LogP contribution in [-0.4, -0.2) is 82.5 Å². The second kappa shape index (κ2) is 9.34. The Labute approximate surface area is 197 Å². The molecule has 3 saturated heterocycles. The third-order valence-corrected chi connectivity index (χ3v) is 7.52. The number of imidazole rings is 1. The van der Waals surface area contributed by atoms with Gasteiger partial charge in [0.15, 0.2) is 0 Å². The van der Waals surface area contributed by atoms with Gasteiger partial charge >= 0.3 is 5.69 Å². The molecular weight excluding hydrogens is 436 g/mol. The zero-order chi connectivity index (χ0) is 23.8. The molecule has 0 saturated carbocycles. The molecule has 5 rings (SSSR count). The summed E-state index contributed by atoms with van der Waals surface area (Å²) in [4.78, 5) is 53.7. The van der Waals surface area contributed by atoms with Gasteiger partial charge in [-0.25, -0.2) is 4.79 Å². The van der Waals surface area contributed by atoms with Crippen molar-refractivity contribution in [2.75, 3.05) is 45.8 Å². The standard InChI is InChI=1S/C24H32N6O4/c1-27-20-14-17(2-3-18(20)30(24(27)34)19-4-5-21(31)26-23(19)33)16-6-10-28(11-7-16)15-22(32)29-12-8-25-9-13-29/h2-3,14,16,19,25H,4-13,15H2,1H3,(H,26,31,33). The van der Waals surface area contributed by atoms with Crippen LogP contribution in [0.5, 0.6) is 0 Å². The van der Waals surface area contributed by atoms with E-state index in [1.165, 1.54) is 10.1 Å². The third kappa shape index (κ3) is 4.27. The fraction of sp³-hybridized carbons (Fsp3) is 0.583. The summed E-state index contributed by atoms with van der Waals surface area (Å²) in [5.74, 6) is -0.134. The molecule has 0 radical (unpaired) electrons. The average molecular weight is 469 g/mol. The molecule has 2 N–H and O–H groups in total. The van der Waals surface area contributed by atoms with E-state index in [9.17, 15) is 19.2 Å². The third-order valence-electron chi connectivity index (χ3n) is 7.52. The van der Waals surface area contributed by atoms with Crippen molar-refractivity contribution < 1.29 is 14.4 Å².